The van der Waals surface area contributed by atoms with E-state index in [0.29, 0.717) is 84.3 Å². The first-order chi connectivity index (χ1) is 25.3. The van der Waals surface area contributed by atoms with Crippen LogP contribution in [0.1, 0.15) is 77.0 Å². The van der Waals surface area contributed by atoms with Crippen LogP contribution in [0.5, 0.6) is 0 Å². The third kappa shape index (κ3) is 22.0. The van der Waals surface area contributed by atoms with Gasteiger partial charge in [0.25, 0.3) is 0 Å². The van der Waals surface area contributed by atoms with Gasteiger partial charge in [-0.15, -0.1) is 0 Å². The second-order valence-corrected chi connectivity index (χ2v) is 12.9. The van der Waals surface area contributed by atoms with Gasteiger partial charge >= 0.3 is 12.1 Å². The number of nitrogens with one attached hydrogen (secondary N) is 3. The average molecular weight is 770 g/mol. The number of hydrogen-bond acceptors (Lipinski definition) is 12. The van der Waals surface area contributed by atoms with Crippen LogP contribution in [0.15, 0.2) is 0 Å². The zero-order valence-electron chi connectivity index (χ0n) is 31.1. The summed E-state index contributed by atoms with van der Waals surface area (Å²) in [6.45, 7) is 2.74. The number of esters is 1. The molecule has 16 nitrogen and oxygen atoms in total. The number of alkyl halides is 3. The molecule has 0 unspecified atom stereocenters. The Morgan fingerprint density at radius 3 is 1.51 bits per heavy atom. The van der Waals surface area contributed by atoms with Gasteiger partial charge in [-0.1, -0.05) is 6.42 Å². The minimum Gasteiger partial charge on any atom is -0.459 e. The predicted octanol–water partition coefficient (Wildman–Crippen LogP) is 0.242. The summed E-state index contributed by atoms with van der Waals surface area (Å²) in [5.74, 6) is -3.62. The zero-order valence-corrected chi connectivity index (χ0v) is 31.1. The second kappa shape index (κ2) is 28.4. The minimum absolute atomic E-state index is 0.0316. The van der Waals surface area contributed by atoms with E-state index in [-0.39, 0.29) is 88.6 Å². The predicted molar refractivity (Wildman–Crippen MR) is 189 cm³/mol. The van der Waals surface area contributed by atoms with Crippen molar-refractivity contribution in [2.75, 3.05) is 79.3 Å². The van der Waals surface area contributed by atoms with E-state index >= 15 is 0 Å². The maximum atomic E-state index is 13.7. The number of rotatable bonds is 29. The van der Waals surface area contributed by atoms with Crippen LogP contribution < -0.4 is 33.2 Å². The minimum atomic E-state index is -5.03. The highest BCUT2D eigenvalue weighted by atomic mass is 19.4. The number of nitrogens with zero attached hydrogens (tertiary/aromatic N) is 1. The van der Waals surface area contributed by atoms with E-state index in [0.717, 1.165) is 0 Å². The van der Waals surface area contributed by atoms with E-state index in [2.05, 4.69) is 20.7 Å². The quantitative estimate of drug-likeness (QED) is 0.0443. The number of hydrogen-bond donors (Lipinski definition) is 6. The van der Waals surface area contributed by atoms with E-state index in [1.165, 1.54) is 0 Å². The van der Waals surface area contributed by atoms with Gasteiger partial charge in [0.15, 0.2) is 0 Å². The largest absolute Gasteiger partial charge is 0.490 e. The first-order valence-corrected chi connectivity index (χ1v) is 18.6. The van der Waals surface area contributed by atoms with Crippen molar-refractivity contribution in [3.05, 3.63) is 0 Å². The standard InChI is InChI=1S/C34H62F3N7O9/c1-44(18-4-2-3-5-19-53-33(49)34(35,36)37)32(48)25-23-26(50-20-9-28(45)41-15-6-12-38)31(52-22-11-30(47)43-17-8-14-40)27(24-25)51-21-10-29(46)42-16-7-13-39/h25-27,31H,2-24,38-40H2,1H3,(H,41,45)(H,42,46)(H,43,47)/t25?,26-,27-,31?/m1/s1. The maximum absolute atomic E-state index is 13.7. The van der Waals surface area contributed by atoms with Crippen LogP contribution in [-0.2, 0) is 42.9 Å². The summed E-state index contributed by atoms with van der Waals surface area (Å²) in [4.78, 5) is 63.2. The van der Waals surface area contributed by atoms with Crippen LogP contribution in [0, 0.1) is 5.92 Å². The lowest BCUT2D eigenvalue weighted by Crippen LogP contribution is -2.52. The Morgan fingerprint density at radius 1 is 0.642 bits per heavy atom. The van der Waals surface area contributed by atoms with E-state index in [1.807, 2.05) is 0 Å². The molecule has 0 aromatic heterocycles. The van der Waals surface area contributed by atoms with Crippen LogP contribution in [0.4, 0.5) is 13.2 Å². The molecule has 1 aliphatic carbocycles. The van der Waals surface area contributed by atoms with Crippen molar-refractivity contribution in [2.24, 2.45) is 23.1 Å². The lowest BCUT2D eigenvalue weighted by molar-refractivity contribution is -0.199. The molecule has 2 atom stereocenters. The number of ether oxygens (including phenoxy) is 4. The highest BCUT2D eigenvalue weighted by Gasteiger charge is 2.43. The number of nitrogens with two attached hydrogens (primary N) is 3. The third-order valence-electron chi connectivity index (χ3n) is 8.42. The summed E-state index contributed by atoms with van der Waals surface area (Å²) < 4.78 is 59.7. The normalized spacial score (nSPS) is 18.6. The van der Waals surface area contributed by atoms with Crippen molar-refractivity contribution in [1.29, 1.82) is 0 Å². The molecule has 19 heteroatoms. The molecule has 0 saturated heterocycles. The molecule has 1 aliphatic rings. The first-order valence-electron chi connectivity index (χ1n) is 18.6. The number of unbranched alkanes of at least 4 members (excludes halogenated alkanes) is 3. The fourth-order valence-corrected chi connectivity index (χ4v) is 5.53. The lowest BCUT2D eigenvalue weighted by atomic mass is 9.82. The Bertz CT molecular complexity index is 1040. The summed E-state index contributed by atoms with van der Waals surface area (Å²) in [5.41, 5.74) is 16.5. The Labute approximate surface area is 310 Å². The Kier molecular flexibility index (Phi) is 25.6. The molecule has 4 amide bonds. The molecular weight excluding hydrogens is 707 g/mol. The SMILES string of the molecule is CN(CCCCCCOC(=O)C(F)(F)F)C(=O)C1C[C@@H](OCCC(=O)NCCCN)C(OCCC(=O)NCCCN)[C@H](OCCC(=O)NCCCN)C1. The van der Waals surface area contributed by atoms with Crippen molar-refractivity contribution in [3.8, 4) is 0 Å². The molecule has 0 aliphatic heterocycles. The number of halogens is 3. The van der Waals surface area contributed by atoms with Gasteiger partial charge in [-0.2, -0.15) is 13.2 Å². The Hall–Kier alpha value is -3.10. The van der Waals surface area contributed by atoms with Crippen LogP contribution in [0.2, 0.25) is 0 Å². The molecular formula is C34H62F3N7O9. The lowest BCUT2D eigenvalue weighted by Gasteiger charge is -2.41. The monoisotopic (exact) mass is 769 g/mol. The van der Waals surface area contributed by atoms with Crippen molar-refractivity contribution < 1.29 is 56.1 Å². The number of amides is 4. The van der Waals surface area contributed by atoms with Crippen molar-refractivity contribution in [1.82, 2.24) is 20.9 Å². The fraction of sp³-hybridized carbons (Fsp3) is 0.853. The fourth-order valence-electron chi connectivity index (χ4n) is 5.53. The van der Waals surface area contributed by atoms with Gasteiger partial charge in [-0.05, 0) is 71.0 Å². The molecule has 9 N–H and O–H groups in total. The van der Waals surface area contributed by atoms with Gasteiger partial charge in [0, 0.05) is 58.4 Å². The summed E-state index contributed by atoms with van der Waals surface area (Å²) in [6.07, 6.45) is -2.64. The van der Waals surface area contributed by atoms with Gasteiger partial charge in [-0.25, -0.2) is 4.79 Å². The molecule has 1 fully saturated rings. The van der Waals surface area contributed by atoms with Crippen LogP contribution in [0.3, 0.4) is 0 Å². The summed E-state index contributed by atoms with van der Waals surface area (Å²) in [5, 5.41) is 8.33. The summed E-state index contributed by atoms with van der Waals surface area (Å²) in [7, 11) is 1.66. The molecule has 0 aromatic carbocycles. The van der Waals surface area contributed by atoms with Crippen molar-refractivity contribution in [2.45, 2.75) is 102 Å². The molecule has 308 valence electrons. The topological polar surface area (TPSA) is 240 Å². The molecule has 0 bridgehead atoms. The van der Waals surface area contributed by atoms with Crippen LogP contribution >= 0.6 is 0 Å². The van der Waals surface area contributed by atoms with E-state index in [9.17, 15) is 37.1 Å². The number of carbonyl (C=O) groups is 5. The zero-order chi connectivity index (χ0) is 39.5. The molecule has 0 heterocycles. The third-order valence-corrected chi connectivity index (χ3v) is 8.42. The van der Waals surface area contributed by atoms with E-state index in [1.54, 1.807) is 11.9 Å². The molecule has 0 spiro atoms. The summed E-state index contributed by atoms with van der Waals surface area (Å²) >= 11 is 0. The van der Waals surface area contributed by atoms with Crippen LogP contribution in [-0.4, -0.2) is 138 Å². The van der Waals surface area contributed by atoms with Crippen molar-refractivity contribution >= 4 is 29.6 Å². The highest BCUT2D eigenvalue weighted by Crippen LogP contribution is 2.33. The number of carbonyl (C=O) groups excluding carboxylic acids is 5. The first kappa shape index (κ1) is 47.9. The van der Waals surface area contributed by atoms with E-state index < -0.39 is 36.4 Å². The average Bonchev–Trinajstić information content (AvgIpc) is 3.11. The van der Waals surface area contributed by atoms with Gasteiger partial charge in [0.05, 0.1) is 38.6 Å². The van der Waals surface area contributed by atoms with Gasteiger partial charge < -0.3 is 57.0 Å². The Balaban J connectivity index is 2.97. The molecule has 0 aromatic rings. The van der Waals surface area contributed by atoms with Crippen LogP contribution in [0.25, 0.3) is 0 Å². The molecule has 0 radical (unpaired) electrons. The molecule has 1 saturated carbocycles. The van der Waals surface area contributed by atoms with Crippen molar-refractivity contribution in [3.63, 3.8) is 0 Å². The Morgan fingerprint density at radius 2 is 1.08 bits per heavy atom. The van der Waals surface area contributed by atoms with E-state index in [4.69, 9.17) is 31.4 Å². The highest BCUT2D eigenvalue weighted by molar-refractivity contribution is 5.79. The maximum Gasteiger partial charge on any atom is 0.490 e. The smallest absolute Gasteiger partial charge is 0.459 e. The second-order valence-electron chi connectivity index (χ2n) is 12.9. The summed E-state index contributed by atoms with van der Waals surface area (Å²) in [6, 6.07) is 0. The molecule has 1 rings (SSSR count). The molecule has 53 heavy (non-hydrogen) atoms. The van der Waals surface area contributed by atoms with Gasteiger partial charge in [-0.3, -0.25) is 19.2 Å². The van der Waals surface area contributed by atoms with Gasteiger partial charge in [0.2, 0.25) is 23.6 Å². The van der Waals surface area contributed by atoms with Gasteiger partial charge in [0.1, 0.15) is 6.10 Å².